The van der Waals surface area contributed by atoms with E-state index >= 15 is 0 Å². The lowest BCUT2D eigenvalue weighted by atomic mass is 10.0. The summed E-state index contributed by atoms with van der Waals surface area (Å²) in [4.78, 5) is 0. The molecular weight excluding hydrogens is 160 g/mol. The van der Waals surface area contributed by atoms with Crippen molar-refractivity contribution in [2.24, 2.45) is 22.7 Å². The van der Waals surface area contributed by atoms with Crippen LogP contribution in [0.1, 0.15) is 47.5 Å². The molecule has 1 N–H and O–H groups in total. The van der Waals surface area contributed by atoms with Gasteiger partial charge in [-0.25, -0.2) is 0 Å². The maximum atomic E-state index is 10.4. The highest BCUT2D eigenvalue weighted by Gasteiger charge is 2.77. The van der Waals surface area contributed by atoms with Crippen LogP contribution in [0.3, 0.4) is 0 Å². The number of rotatable bonds is 2. The van der Waals surface area contributed by atoms with E-state index in [1.807, 2.05) is 0 Å². The van der Waals surface area contributed by atoms with Crippen molar-refractivity contribution < 1.29 is 5.11 Å². The first kappa shape index (κ1) is 9.51. The van der Waals surface area contributed by atoms with Gasteiger partial charge in [-0.05, 0) is 29.1 Å². The predicted octanol–water partition coefficient (Wildman–Crippen LogP) is 2.83. The highest BCUT2D eigenvalue weighted by molar-refractivity contribution is 5.26. The van der Waals surface area contributed by atoms with Gasteiger partial charge in [-0.2, -0.15) is 0 Å². The molecule has 0 aromatic heterocycles. The zero-order valence-corrected chi connectivity index (χ0v) is 9.52. The smallest absolute Gasteiger partial charge is 0.0719 e. The number of hydrogen-bond donors (Lipinski definition) is 1. The summed E-state index contributed by atoms with van der Waals surface area (Å²) in [5.41, 5.74) is 0.374. The fraction of sp³-hybridized carbons (Fsp3) is 1.00. The first-order valence-corrected chi connectivity index (χ1v) is 5.51. The molecule has 2 unspecified atom stereocenters. The standard InChI is InChI=1S/C12H22O/c1-6-8-7-12(8,13)9-10(2,3)11(9,4)5/h8-9,13H,6-7H2,1-5H3. The Morgan fingerprint density at radius 3 is 1.85 bits per heavy atom. The molecule has 13 heavy (non-hydrogen) atoms. The van der Waals surface area contributed by atoms with Gasteiger partial charge in [0.2, 0.25) is 0 Å². The molecule has 0 heterocycles. The minimum absolute atomic E-state index is 0.304. The van der Waals surface area contributed by atoms with Gasteiger partial charge in [0.05, 0.1) is 5.60 Å². The summed E-state index contributed by atoms with van der Waals surface area (Å²) < 4.78 is 0. The maximum Gasteiger partial charge on any atom is 0.0719 e. The highest BCUT2D eigenvalue weighted by Crippen LogP contribution is 2.77. The predicted molar refractivity (Wildman–Crippen MR) is 54.4 cm³/mol. The normalized spacial score (nSPS) is 46.2. The molecule has 0 saturated heterocycles. The van der Waals surface area contributed by atoms with Crippen LogP contribution in [0.2, 0.25) is 0 Å². The molecular formula is C12H22O. The first-order valence-electron chi connectivity index (χ1n) is 5.51. The van der Waals surface area contributed by atoms with Crippen molar-refractivity contribution in [3.8, 4) is 0 Å². The maximum absolute atomic E-state index is 10.4. The van der Waals surface area contributed by atoms with Gasteiger partial charge in [0.1, 0.15) is 0 Å². The van der Waals surface area contributed by atoms with Crippen LogP contribution in [0, 0.1) is 22.7 Å². The molecule has 0 aliphatic heterocycles. The fourth-order valence-corrected chi connectivity index (χ4v) is 3.63. The Hall–Kier alpha value is -0.0400. The average molecular weight is 182 g/mol. The van der Waals surface area contributed by atoms with E-state index in [1.165, 1.54) is 0 Å². The zero-order chi connectivity index (χ0) is 10.1. The molecule has 2 rings (SSSR count). The third-order valence-electron chi connectivity index (χ3n) is 5.13. The van der Waals surface area contributed by atoms with E-state index in [0.717, 1.165) is 12.8 Å². The van der Waals surface area contributed by atoms with Crippen LogP contribution in [-0.2, 0) is 0 Å². The van der Waals surface area contributed by atoms with Gasteiger partial charge in [-0.1, -0.05) is 41.0 Å². The second-order valence-corrected chi connectivity index (χ2v) is 6.18. The van der Waals surface area contributed by atoms with Crippen LogP contribution in [0.25, 0.3) is 0 Å². The Kier molecular flexibility index (Phi) is 1.56. The topological polar surface area (TPSA) is 20.2 Å². The number of aliphatic hydroxyl groups is 1. The van der Waals surface area contributed by atoms with Gasteiger partial charge in [-0.15, -0.1) is 0 Å². The molecule has 76 valence electrons. The minimum Gasteiger partial charge on any atom is -0.389 e. The Morgan fingerprint density at radius 2 is 1.62 bits per heavy atom. The van der Waals surface area contributed by atoms with Crippen molar-refractivity contribution >= 4 is 0 Å². The summed E-state index contributed by atoms with van der Waals surface area (Å²) in [5.74, 6) is 1.11. The molecule has 0 spiro atoms. The molecule has 1 nitrogen and oxygen atoms in total. The molecule has 0 bridgehead atoms. The molecule has 2 fully saturated rings. The third-order valence-corrected chi connectivity index (χ3v) is 5.13. The van der Waals surface area contributed by atoms with Crippen LogP contribution >= 0.6 is 0 Å². The largest absolute Gasteiger partial charge is 0.389 e. The van der Waals surface area contributed by atoms with Gasteiger partial charge in [-0.3, -0.25) is 0 Å². The van der Waals surface area contributed by atoms with Crippen molar-refractivity contribution in [1.82, 2.24) is 0 Å². The second kappa shape index (κ2) is 2.13. The lowest BCUT2D eigenvalue weighted by molar-refractivity contribution is 0.0851. The van der Waals surface area contributed by atoms with E-state index in [4.69, 9.17) is 0 Å². The minimum atomic E-state index is -0.304. The molecule has 2 saturated carbocycles. The van der Waals surface area contributed by atoms with E-state index in [9.17, 15) is 5.11 Å². The average Bonchev–Trinajstić information content (AvgIpc) is 2.70. The summed E-state index contributed by atoms with van der Waals surface area (Å²) in [6.45, 7) is 11.4. The van der Waals surface area contributed by atoms with Gasteiger partial charge < -0.3 is 5.11 Å². The Morgan fingerprint density at radius 1 is 1.15 bits per heavy atom. The number of hydrogen-bond acceptors (Lipinski definition) is 1. The monoisotopic (exact) mass is 182 g/mol. The summed E-state index contributed by atoms with van der Waals surface area (Å²) in [5, 5.41) is 10.4. The Labute approximate surface area is 81.5 Å². The van der Waals surface area contributed by atoms with Crippen LogP contribution < -0.4 is 0 Å². The Bertz CT molecular complexity index is 228. The van der Waals surface area contributed by atoms with Crippen LogP contribution in [0.15, 0.2) is 0 Å². The summed E-state index contributed by atoms with van der Waals surface area (Å²) >= 11 is 0. The molecule has 0 radical (unpaired) electrons. The summed E-state index contributed by atoms with van der Waals surface area (Å²) in [6.07, 6.45) is 2.18. The first-order chi connectivity index (χ1) is 5.78. The molecule has 0 aromatic rings. The van der Waals surface area contributed by atoms with Crippen LogP contribution in [0.5, 0.6) is 0 Å². The fourth-order valence-electron chi connectivity index (χ4n) is 3.63. The quantitative estimate of drug-likeness (QED) is 0.696. The molecule has 2 aliphatic carbocycles. The van der Waals surface area contributed by atoms with Crippen LogP contribution in [0.4, 0.5) is 0 Å². The van der Waals surface area contributed by atoms with E-state index in [-0.39, 0.29) is 5.60 Å². The molecule has 2 atom stereocenters. The third kappa shape index (κ3) is 0.918. The second-order valence-electron chi connectivity index (χ2n) is 6.18. The lowest BCUT2D eigenvalue weighted by Crippen LogP contribution is -2.18. The van der Waals surface area contributed by atoms with E-state index in [2.05, 4.69) is 34.6 Å². The molecule has 0 amide bonds. The van der Waals surface area contributed by atoms with E-state index in [1.54, 1.807) is 0 Å². The van der Waals surface area contributed by atoms with E-state index in [0.29, 0.717) is 22.7 Å². The molecule has 2 aliphatic rings. The zero-order valence-electron chi connectivity index (χ0n) is 9.52. The SMILES string of the molecule is CCC1CC1(O)C1C(C)(C)C1(C)C. The van der Waals surface area contributed by atoms with Gasteiger partial charge in [0, 0.05) is 0 Å². The summed E-state index contributed by atoms with van der Waals surface area (Å²) in [7, 11) is 0. The van der Waals surface area contributed by atoms with Crippen molar-refractivity contribution in [1.29, 1.82) is 0 Å². The van der Waals surface area contributed by atoms with Gasteiger partial charge >= 0.3 is 0 Å². The summed E-state index contributed by atoms with van der Waals surface area (Å²) in [6, 6.07) is 0. The van der Waals surface area contributed by atoms with Gasteiger partial charge in [0.25, 0.3) is 0 Å². The van der Waals surface area contributed by atoms with E-state index < -0.39 is 0 Å². The molecule has 0 aromatic carbocycles. The van der Waals surface area contributed by atoms with Crippen molar-refractivity contribution in [2.45, 2.75) is 53.1 Å². The van der Waals surface area contributed by atoms with Crippen LogP contribution in [-0.4, -0.2) is 10.7 Å². The van der Waals surface area contributed by atoms with Crippen molar-refractivity contribution in [2.75, 3.05) is 0 Å². The highest BCUT2D eigenvalue weighted by atomic mass is 16.3. The van der Waals surface area contributed by atoms with Gasteiger partial charge in [0.15, 0.2) is 0 Å². The van der Waals surface area contributed by atoms with Crippen molar-refractivity contribution in [3.05, 3.63) is 0 Å². The molecule has 1 heteroatoms. The van der Waals surface area contributed by atoms with Crippen molar-refractivity contribution in [3.63, 3.8) is 0 Å². The Balaban J connectivity index is 2.15. The lowest BCUT2D eigenvalue weighted by Gasteiger charge is -2.11.